The van der Waals surface area contributed by atoms with Crippen LogP contribution in [0.3, 0.4) is 0 Å². The minimum Gasteiger partial charge on any atom is -0.612 e. The maximum atomic E-state index is 12.4. The molecule has 0 aliphatic rings. The lowest BCUT2D eigenvalue weighted by Gasteiger charge is -2.04. The number of methoxy groups -OCH3 is 2. The molecule has 0 aliphatic heterocycles. The van der Waals surface area contributed by atoms with Gasteiger partial charge in [-0.1, -0.05) is 17.7 Å². The Morgan fingerprint density at radius 2 is 1.78 bits per heavy atom. The van der Waals surface area contributed by atoms with Crippen LogP contribution in [0.5, 0.6) is 5.75 Å². The normalized spacial score (nSPS) is 13.6. The molecule has 8 heteroatoms. The zero-order valence-electron chi connectivity index (χ0n) is 12.9. The minimum atomic E-state index is -3.99. The van der Waals surface area contributed by atoms with E-state index in [9.17, 15) is 13.5 Å². The Hall–Kier alpha value is -2.61. The molecule has 0 saturated carbocycles. The molecule has 122 valence electrons. The Balaban J connectivity index is 2.73. The zero-order valence-corrected chi connectivity index (χ0v) is 13.7. The fourth-order valence-electron chi connectivity index (χ4n) is 1.80. The van der Waals surface area contributed by atoms with Crippen LogP contribution in [-0.4, -0.2) is 22.6 Å². The topological polar surface area (TPSA) is 93.9 Å². The highest BCUT2D eigenvalue weighted by Gasteiger charge is 2.18. The van der Waals surface area contributed by atoms with Crippen LogP contribution in [0.15, 0.2) is 52.0 Å². The molecule has 0 N–H and O–H groups in total. The molecular weight excluding hydrogens is 320 g/mol. The summed E-state index contributed by atoms with van der Waals surface area (Å²) in [6.07, 6.45) is 1.29. The second-order valence-electron chi connectivity index (χ2n) is 4.66. The van der Waals surface area contributed by atoms with E-state index in [0.717, 1.165) is 9.93 Å². The summed E-state index contributed by atoms with van der Waals surface area (Å²) in [4.78, 5) is 0.0224. The zero-order chi connectivity index (χ0) is 17.0. The summed E-state index contributed by atoms with van der Waals surface area (Å²) in [6, 6.07) is 9.12. The van der Waals surface area contributed by atoms with Gasteiger partial charge in [0.1, 0.15) is 10.5 Å². The highest BCUT2D eigenvalue weighted by molar-refractivity contribution is 7.89. The first-order valence-corrected chi connectivity index (χ1v) is 8.04. The van der Waals surface area contributed by atoms with Gasteiger partial charge in [-0.2, -0.15) is 8.42 Å². The van der Waals surface area contributed by atoms with E-state index >= 15 is 0 Å². The third-order valence-corrected chi connectivity index (χ3v) is 4.31. The van der Waals surface area contributed by atoms with Gasteiger partial charge in [-0.25, -0.2) is 0 Å². The number of rotatable bonds is 4. The van der Waals surface area contributed by atoms with Crippen molar-refractivity contribution < 1.29 is 27.4 Å². The van der Waals surface area contributed by atoms with Crippen LogP contribution in [0.4, 0.5) is 0 Å². The molecule has 0 saturated heterocycles. The molecule has 0 aliphatic carbocycles. The van der Waals surface area contributed by atoms with Crippen LogP contribution in [0.2, 0.25) is 0 Å². The third kappa shape index (κ3) is 3.78. The molecular formula is C15H16N2O5S. The molecule has 0 amide bonds. The molecule has 2 aromatic rings. The number of hydrogen-bond acceptors (Lipinski definition) is 5. The van der Waals surface area contributed by atoms with Crippen molar-refractivity contribution >= 4 is 16.0 Å². The van der Waals surface area contributed by atoms with E-state index in [-0.39, 0.29) is 10.2 Å². The fourth-order valence-corrected chi connectivity index (χ4v) is 2.74. The lowest BCUT2D eigenvalue weighted by molar-refractivity contribution is -0.558. The van der Waals surface area contributed by atoms with Crippen molar-refractivity contribution in [2.24, 2.45) is 4.52 Å². The molecule has 0 radical (unpaired) electrons. The van der Waals surface area contributed by atoms with Crippen LogP contribution in [0, 0.1) is 6.92 Å². The Kier molecular flexibility index (Phi) is 4.85. The van der Waals surface area contributed by atoms with Gasteiger partial charge >= 0.3 is 10.0 Å². The van der Waals surface area contributed by atoms with Gasteiger partial charge in [0.15, 0.2) is 5.75 Å². The molecule has 0 unspecified atom stereocenters. The minimum absolute atomic E-state index is 0.0224. The summed E-state index contributed by atoms with van der Waals surface area (Å²) in [5.74, 6) is -0.365. The molecule has 7 nitrogen and oxygen atoms in total. The molecule has 23 heavy (non-hydrogen) atoms. The monoisotopic (exact) mass is 336 g/mol. The van der Waals surface area contributed by atoms with Gasteiger partial charge in [0.05, 0.1) is 12.0 Å². The average molecular weight is 336 g/mol. The molecule has 2 rings (SSSR count). The molecule has 1 aromatic heterocycles. The SMILES string of the molecule is COC([O-])=c1ccc(OC)c[n+]1=NS(=O)(=O)c1ccc(C)cc1. The van der Waals surface area contributed by atoms with Gasteiger partial charge in [0, 0.05) is 6.07 Å². The number of nitrogens with zero attached hydrogens (tertiary/aromatic N) is 2. The van der Waals surface area contributed by atoms with Crippen LogP contribution in [0.1, 0.15) is 5.56 Å². The Labute approximate surface area is 133 Å². The smallest absolute Gasteiger partial charge is 0.336 e. The van der Waals surface area contributed by atoms with Crippen molar-refractivity contribution in [2.75, 3.05) is 14.2 Å². The Morgan fingerprint density at radius 3 is 2.35 bits per heavy atom. The summed E-state index contributed by atoms with van der Waals surface area (Å²) in [6.45, 7) is 1.85. The first-order valence-electron chi connectivity index (χ1n) is 6.60. The Morgan fingerprint density at radius 1 is 1.13 bits per heavy atom. The third-order valence-electron chi connectivity index (χ3n) is 3.05. The molecule has 0 atom stereocenters. The average Bonchev–Trinajstić information content (AvgIpc) is 2.54. The number of pyridine rings is 1. The van der Waals surface area contributed by atoms with E-state index in [2.05, 4.69) is 9.26 Å². The summed E-state index contributed by atoms with van der Waals surface area (Å²) < 4.78 is 39.1. The van der Waals surface area contributed by atoms with E-state index in [1.165, 1.54) is 44.7 Å². The molecule has 0 spiro atoms. The van der Waals surface area contributed by atoms with Gasteiger partial charge in [0.2, 0.25) is 6.20 Å². The molecule has 1 heterocycles. The highest BCUT2D eigenvalue weighted by atomic mass is 32.2. The first-order chi connectivity index (χ1) is 10.9. The summed E-state index contributed by atoms with van der Waals surface area (Å²) >= 11 is 0. The summed E-state index contributed by atoms with van der Waals surface area (Å²) in [5, 5.41) is 11.7. The standard InChI is InChI=1S/C15H16N2O5S/c1-11-4-7-13(8-5-11)23(19,20)16-17-10-12(21-2)6-9-14(17)15(18)22-3/h4-10H,1-3H3. The van der Waals surface area contributed by atoms with E-state index < -0.39 is 16.0 Å². The number of ether oxygens (including phenoxy) is 2. The van der Waals surface area contributed by atoms with Crippen molar-refractivity contribution in [1.29, 1.82) is 0 Å². The number of aromatic nitrogens is 1. The quantitative estimate of drug-likeness (QED) is 0.720. The maximum Gasteiger partial charge on any atom is 0.336 e. The largest absolute Gasteiger partial charge is 0.612 e. The predicted octanol–water partition coefficient (Wildman–Crippen LogP) is -0.216. The van der Waals surface area contributed by atoms with Gasteiger partial charge in [-0.05, 0) is 36.6 Å². The molecule has 0 bridgehead atoms. The van der Waals surface area contributed by atoms with Crippen molar-refractivity contribution in [3.63, 3.8) is 0 Å². The maximum absolute atomic E-state index is 12.4. The fraction of sp³-hybridized carbons (Fsp3) is 0.200. The van der Waals surface area contributed by atoms with Gasteiger partial charge in [-0.15, -0.1) is 0 Å². The number of aryl methyl sites for hydroxylation is 1. The summed E-state index contributed by atoms with van der Waals surface area (Å²) in [7, 11) is -1.37. The van der Waals surface area contributed by atoms with Crippen molar-refractivity contribution in [2.45, 2.75) is 11.8 Å². The van der Waals surface area contributed by atoms with Crippen LogP contribution in [-0.2, 0) is 14.8 Å². The summed E-state index contributed by atoms with van der Waals surface area (Å²) in [5.41, 5.74) is 0.924. The van der Waals surface area contributed by atoms with Gasteiger partial charge in [-0.3, -0.25) is 0 Å². The molecule has 1 aromatic carbocycles. The van der Waals surface area contributed by atoms with E-state index in [1.807, 2.05) is 6.92 Å². The number of benzene rings is 1. The first kappa shape index (κ1) is 16.8. The highest BCUT2D eigenvalue weighted by Crippen LogP contribution is 2.12. The van der Waals surface area contributed by atoms with E-state index in [4.69, 9.17) is 4.74 Å². The van der Waals surface area contributed by atoms with Crippen molar-refractivity contribution in [1.82, 2.24) is 0 Å². The van der Waals surface area contributed by atoms with Crippen LogP contribution >= 0.6 is 0 Å². The number of sulfonamides is 1. The second-order valence-corrected chi connectivity index (χ2v) is 6.24. The number of hydrogen-bond donors (Lipinski definition) is 0. The molecule has 0 fully saturated rings. The van der Waals surface area contributed by atoms with Crippen LogP contribution < -0.4 is 19.6 Å². The Bertz CT molecular complexity index is 921. The van der Waals surface area contributed by atoms with Crippen molar-refractivity contribution in [3.05, 3.63) is 53.5 Å². The van der Waals surface area contributed by atoms with E-state index in [1.54, 1.807) is 12.1 Å². The lowest BCUT2D eigenvalue weighted by atomic mass is 10.2. The van der Waals surface area contributed by atoms with E-state index in [0.29, 0.717) is 5.75 Å². The second kappa shape index (κ2) is 6.66. The van der Waals surface area contributed by atoms with Gasteiger partial charge in [0.25, 0.3) is 5.35 Å². The van der Waals surface area contributed by atoms with Gasteiger partial charge < -0.3 is 14.6 Å². The van der Waals surface area contributed by atoms with Crippen molar-refractivity contribution in [3.8, 4) is 5.75 Å². The van der Waals surface area contributed by atoms with Crippen LogP contribution in [0.25, 0.3) is 5.95 Å². The predicted molar refractivity (Wildman–Crippen MR) is 79.4 cm³/mol. The lowest BCUT2D eigenvalue weighted by Crippen LogP contribution is -2.42.